The first kappa shape index (κ1) is 72.0. The van der Waals surface area contributed by atoms with Gasteiger partial charge in [0.2, 0.25) is 5.91 Å². The van der Waals surface area contributed by atoms with Crippen molar-refractivity contribution in [3.63, 3.8) is 0 Å². The third-order valence-electron chi connectivity index (χ3n) is 14.5. The van der Waals surface area contributed by atoms with E-state index in [1.54, 1.807) is 6.08 Å². The molecule has 0 aromatic carbocycles. The van der Waals surface area contributed by atoms with Crippen LogP contribution >= 0.6 is 0 Å². The normalized spacial score (nSPS) is 25.1. The van der Waals surface area contributed by atoms with Gasteiger partial charge in [0.05, 0.1) is 32.0 Å². The number of nitrogens with one attached hydrogen (secondary N) is 1. The molecule has 0 aromatic rings. The number of hydrogen-bond acceptors (Lipinski definition) is 13. The van der Waals surface area contributed by atoms with E-state index in [1.165, 1.54) is 103 Å². The van der Waals surface area contributed by atoms with Gasteiger partial charge in [0.25, 0.3) is 0 Å². The summed E-state index contributed by atoms with van der Waals surface area (Å²) >= 11 is 0. The number of amides is 1. The molecule has 0 radical (unpaired) electrons. The van der Waals surface area contributed by atoms with Crippen LogP contribution in [-0.2, 0) is 23.7 Å². The number of carbonyl (C=O) groups excluding carboxylic acids is 1. The number of hydrogen-bond donors (Lipinski definition) is 9. The molecule has 2 heterocycles. The van der Waals surface area contributed by atoms with Gasteiger partial charge in [-0.1, -0.05) is 214 Å². The molecule has 12 atom stereocenters. The number of allylic oxidation sites excluding steroid dienone is 15. The van der Waals surface area contributed by atoms with Crippen molar-refractivity contribution in [2.24, 2.45) is 0 Å². The van der Waals surface area contributed by atoms with E-state index in [0.717, 1.165) is 77.0 Å². The Hall–Kier alpha value is -3.09. The van der Waals surface area contributed by atoms with E-state index >= 15 is 0 Å². The minimum atomic E-state index is -1.80. The predicted molar refractivity (Wildman–Crippen MR) is 318 cm³/mol. The van der Waals surface area contributed by atoms with Crippen LogP contribution in [0, 0.1) is 0 Å². The van der Waals surface area contributed by atoms with Crippen LogP contribution in [-0.4, -0.2) is 140 Å². The van der Waals surface area contributed by atoms with Crippen LogP contribution in [0.2, 0.25) is 0 Å². The first-order valence-electron chi connectivity index (χ1n) is 31.0. The lowest BCUT2D eigenvalue weighted by molar-refractivity contribution is -0.359. The molecule has 9 N–H and O–H groups in total. The van der Waals surface area contributed by atoms with Crippen LogP contribution in [0.5, 0.6) is 0 Å². The molecule has 2 rings (SSSR count). The van der Waals surface area contributed by atoms with Crippen molar-refractivity contribution in [1.29, 1.82) is 0 Å². The quantitative estimate of drug-likeness (QED) is 0.0204. The summed E-state index contributed by atoms with van der Waals surface area (Å²) in [6, 6.07) is -0.963. The number of aliphatic hydroxyl groups is 8. The van der Waals surface area contributed by atoms with Crippen molar-refractivity contribution >= 4 is 5.91 Å². The smallest absolute Gasteiger partial charge is 0.220 e. The van der Waals surface area contributed by atoms with Crippen LogP contribution in [0.1, 0.15) is 213 Å². The zero-order chi connectivity index (χ0) is 57.4. The second-order valence-electron chi connectivity index (χ2n) is 21.4. The molecule has 0 bridgehead atoms. The molecule has 454 valence electrons. The SMILES string of the molecule is CC/C=C\C/C=C\C/C=C\C/C=C\C/C=C\CCCCCC(=O)NC(COC1OC(CO)C(OC2OC(CO)C(O)C(O)C2O)C(O)C1O)C(O)/C=C/CC/C=C/CC/C=C/CCCCCCCCCCCCCCCCCC. The van der Waals surface area contributed by atoms with Gasteiger partial charge in [0, 0.05) is 6.42 Å². The Kier molecular flexibility index (Phi) is 45.1. The molecule has 14 heteroatoms. The third kappa shape index (κ3) is 34.8. The second kappa shape index (κ2) is 49.5. The molecule has 0 aromatic heterocycles. The molecular weight excluding hydrogens is 1000 g/mol. The van der Waals surface area contributed by atoms with Crippen molar-refractivity contribution in [3.8, 4) is 0 Å². The number of aliphatic hydroxyl groups excluding tert-OH is 8. The van der Waals surface area contributed by atoms with Gasteiger partial charge in [-0.25, -0.2) is 0 Å². The zero-order valence-electron chi connectivity index (χ0n) is 48.8. The van der Waals surface area contributed by atoms with Gasteiger partial charge < -0.3 is 65.1 Å². The van der Waals surface area contributed by atoms with E-state index in [1.807, 2.05) is 6.08 Å². The lowest BCUT2D eigenvalue weighted by Crippen LogP contribution is -2.65. The maximum Gasteiger partial charge on any atom is 0.220 e. The van der Waals surface area contributed by atoms with Crippen LogP contribution < -0.4 is 5.32 Å². The van der Waals surface area contributed by atoms with Crippen LogP contribution in [0.15, 0.2) is 97.2 Å². The van der Waals surface area contributed by atoms with Crippen LogP contribution in [0.25, 0.3) is 0 Å². The van der Waals surface area contributed by atoms with Gasteiger partial charge in [0.15, 0.2) is 12.6 Å². The molecule has 2 saturated heterocycles. The summed E-state index contributed by atoms with van der Waals surface area (Å²) in [4.78, 5) is 13.2. The van der Waals surface area contributed by atoms with Crippen LogP contribution in [0.3, 0.4) is 0 Å². The predicted octanol–water partition coefficient (Wildman–Crippen LogP) is 11.1. The molecule has 12 unspecified atom stereocenters. The third-order valence-corrected chi connectivity index (χ3v) is 14.5. The lowest BCUT2D eigenvalue weighted by Gasteiger charge is -2.46. The van der Waals surface area contributed by atoms with E-state index < -0.39 is 86.8 Å². The summed E-state index contributed by atoms with van der Waals surface area (Å²) < 4.78 is 22.7. The number of rotatable bonds is 48. The Morgan fingerprint density at radius 2 is 0.886 bits per heavy atom. The topological polar surface area (TPSA) is 228 Å². The van der Waals surface area contributed by atoms with Gasteiger partial charge in [0.1, 0.15) is 48.8 Å². The van der Waals surface area contributed by atoms with Gasteiger partial charge in [-0.2, -0.15) is 0 Å². The second-order valence-corrected chi connectivity index (χ2v) is 21.4. The van der Waals surface area contributed by atoms with Crippen molar-refractivity contribution < 1.29 is 64.6 Å². The Labute approximate surface area is 477 Å². The molecule has 2 fully saturated rings. The highest BCUT2D eigenvalue weighted by molar-refractivity contribution is 5.76. The first-order valence-corrected chi connectivity index (χ1v) is 31.0. The summed E-state index contributed by atoms with van der Waals surface area (Å²) in [5.41, 5.74) is 0. The minimum Gasteiger partial charge on any atom is -0.394 e. The standard InChI is InChI=1S/C65H111NO13/c1-3-5-7-9-11-13-15-17-19-21-23-24-25-26-27-28-29-31-32-34-36-38-40-42-44-46-48-54(69)53(66-57(70)49-47-45-43-41-39-37-35-33-30-22-20-18-16-14-12-10-8-6-4-2)52-76-64-62(75)60(73)63(56(51-68)78-64)79-65-61(74)59(72)58(71)55(50-67)77-65/h6,8,12,14,18,20,30-33,37-40,46,48,53-56,58-65,67-69,71-75H,3-5,7,9-11,13,15-17,19,21-29,34-36,41-45,47,49-52H2,1-2H3,(H,66,70)/b8-6-,14-12-,20-18-,32-31+,33-30-,39-37-,40-38+,48-46+. The fourth-order valence-electron chi connectivity index (χ4n) is 9.53. The van der Waals surface area contributed by atoms with Crippen molar-refractivity contribution in [2.75, 3.05) is 19.8 Å². The maximum atomic E-state index is 13.2. The lowest BCUT2D eigenvalue weighted by atomic mass is 9.97. The summed E-state index contributed by atoms with van der Waals surface area (Å²) in [5, 5.41) is 87.1. The molecule has 0 aliphatic carbocycles. The van der Waals surface area contributed by atoms with Crippen molar-refractivity contribution in [1.82, 2.24) is 5.32 Å². The first-order chi connectivity index (χ1) is 38.6. The molecule has 2 aliphatic heterocycles. The molecule has 79 heavy (non-hydrogen) atoms. The maximum absolute atomic E-state index is 13.2. The number of ether oxygens (including phenoxy) is 4. The zero-order valence-corrected chi connectivity index (χ0v) is 48.8. The average Bonchev–Trinajstić information content (AvgIpc) is 3.47. The monoisotopic (exact) mass is 1110 g/mol. The number of unbranched alkanes of at least 4 members (excludes halogenated alkanes) is 21. The molecule has 1 amide bonds. The Morgan fingerprint density at radius 1 is 0.468 bits per heavy atom. The average molecular weight is 1110 g/mol. The summed E-state index contributed by atoms with van der Waals surface area (Å²) in [7, 11) is 0. The molecule has 0 spiro atoms. The Bertz CT molecular complexity index is 1690. The largest absolute Gasteiger partial charge is 0.394 e. The van der Waals surface area contributed by atoms with Gasteiger partial charge >= 0.3 is 0 Å². The Balaban J connectivity index is 1.79. The number of carbonyl (C=O) groups is 1. The minimum absolute atomic E-state index is 0.225. The highest BCUT2D eigenvalue weighted by atomic mass is 16.7. The van der Waals surface area contributed by atoms with Gasteiger partial charge in [-0.05, 0) is 89.9 Å². The summed E-state index contributed by atoms with van der Waals surface area (Å²) in [5.74, 6) is -0.288. The fourth-order valence-corrected chi connectivity index (χ4v) is 9.53. The molecule has 2 aliphatic rings. The summed E-state index contributed by atoms with van der Waals surface area (Å²) in [6.45, 7) is 2.63. The highest BCUT2D eigenvalue weighted by Gasteiger charge is 2.51. The van der Waals surface area contributed by atoms with E-state index in [-0.39, 0.29) is 18.9 Å². The van der Waals surface area contributed by atoms with Crippen LogP contribution in [0.4, 0.5) is 0 Å². The van der Waals surface area contributed by atoms with E-state index in [9.17, 15) is 45.6 Å². The Morgan fingerprint density at radius 3 is 1.39 bits per heavy atom. The molecular formula is C65H111NO13. The van der Waals surface area contributed by atoms with Gasteiger partial charge in [-0.3, -0.25) is 4.79 Å². The van der Waals surface area contributed by atoms with E-state index in [2.05, 4.69) is 104 Å². The van der Waals surface area contributed by atoms with Crippen molar-refractivity contribution in [2.45, 2.75) is 286 Å². The van der Waals surface area contributed by atoms with Gasteiger partial charge in [-0.15, -0.1) is 0 Å². The molecule has 14 nitrogen and oxygen atoms in total. The summed E-state index contributed by atoms with van der Waals surface area (Å²) in [6.07, 6.45) is 51.7. The van der Waals surface area contributed by atoms with E-state index in [4.69, 9.17) is 18.9 Å². The fraction of sp³-hybridized carbons (Fsp3) is 0.738. The highest BCUT2D eigenvalue weighted by Crippen LogP contribution is 2.30. The van der Waals surface area contributed by atoms with E-state index in [0.29, 0.717) is 12.8 Å². The van der Waals surface area contributed by atoms with Crippen molar-refractivity contribution in [3.05, 3.63) is 97.2 Å². The molecule has 0 saturated carbocycles.